The fourth-order valence-corrected chi connectivity index (χ4v) is 5.91. The summed E-state index contributed by atoms with van der Waals surface area (Å²) in [6, 6.07) is 0.397. The lowest BCUT2D eigenvalue weighted by atomic mass is 9.65. The normalized spacial score (nSPS) is 36.9. The summed E-state index contributed by atoms with van der Waals surface area (Å²) in [6.45, 7) is 1.81. The molecule has 0 aromatic carbocycles. The average molecular weight is 342 g/mol. The van der Waals surface area contributed by atoms with Crippen LogP contribution in [0.3, 0.4) is 0 Å². The van der Waals surface area contributed by atoms with Crippen LogP contribution in [0.4, 0.5) is 0 Å². The number of rotatable bonds is 1. The maximum atomic E-state index is 11.7. The fraction of sp³-hybridized carbons (Fsp3) is 0.650. The molecule has 2 aliphatic carbocycles. The number of H-pyrrole nitrogens is 1. The van der Waals surface area contributed by atoms with Crippen molar-refractivity contribution in [2.75, 3.05) is 13.1 Å². The molecule has 0 radical (unpaired) electrons. The molecule has 0 bridgehead atoms. The summed E-state index contributed by atoms with van der Waals surface area (Å²) in [4.78, 5) is 17.9. The van der Waals surface area contributed by atoms with Crippen LogP contribution in [0, 0.1) is 17.8 Å². The van der Waals surface area contributed by atoms with Crippen molar-refractivity contribution in [3.8, 4) is 0 Å². The van der Waals surface area contributed by atoms with Crippen LogP contribution in [0.2, 0.25) is 0 Å². The van der Waals surface area contributed by atoms with Crippen LogP contribution >= 0.6 is 0 Å². The second kappa shape index (κ2) is 5.71. The van der Waals surface area contributed by atoms with E-state index in [1.165, 1.54) is 22.5 Å². The molecular weight excluding hydrogens is 316 g/mol. The number of hydrogen-bond donors (Lipinski definition) is 3. The summed E-state index contributed by atoms with van der Waals surface area (Å²) in [5.41, 5.74) is 5.69. The van der Waals surface area contributed by atoms with E-state index >= 15 is 0 Å². The number of aliphatic carboxylic acids is 1. The lowest BCUT2D eigenvalue weighted by Gasteiger charge is -2.50. The quantitative estimate of drug-likeness (QED) is 0.732. The number of fused-ring (bicyclic) bond motifs is 6. The number of aryl methyl sites for hydroxylation is 1. The highest BCUT2D eigenvalue weighted by molar-refractivity contribution is 5.71. The number of allylic oxidation sites excluding steroid dienone is 1. The third-order valence-electron chi connectivity index (χ3n) is 7.10. The Kier molecular flexibility index (Phi) is 3.57. The minimum Gasteiger partial charge on any atom is -0.481 e. The zero-order valence-corrected chi connectivity index (χ0v) is 14.4. The second-order valence-corrected chi connectivity index (χ2v) is 8.28. The SMILES string of the molecule is O=C(O)[C@@H]1[C@H]2CN3CCc4c([nH]c5c4C=CCC5)[C@@H]3C[C@H]2CC[C@@H]1O. The lowest BCUT2D eigenvalue weighted by Crippen LogP contribution is -2.53. The molecule has 4 aliphatic rings. The van der Waals surface area contributed by atoms with Gasteiger partial charge in [-0.3, -0.25) is 9.69 Å². The van der Waals surface area contributed by atoms with Gasteiger partial charge in [0.1, 0.15) is 0 Å². The molecule has 1 saturated heterocycles. The zero-order valence-electron chi connectivity index (χ0n) is 14.4. The maximum absolute atomic E-state index is 11.7. The van der Waals surface area contributed by atoms with Crippen LogP contribution in [0.25, 0.3) is 6.08 Å². The van der Waals surface area contributed by atoms with Gasteiger partial charge in [-0.05, 0) is 61.5 Å². The molecule has 3 heterocycles. The number of nitrogens with zero attached hydrogens (tertiary/aromatic N) is 1. The molecule has 5 rings (SSSR count). The molecule has 3 N–H and O–H groups in total. The van der Waals surface area contributed by atoms with E-state index in [9.17, 15) is 15.0 Å². The Hall–Kier alpha value is -1.59. The molecule has 0 unspecified atom stereocenters. The highest BCUT2D eigenvalue weighted by Gasteiger charge is 2.49. The molecule has 1 saturated carbocycles. The molecule has 5 atom stereocenters. The fourth-order valence-electron chi connectivity index (χ4n) is 5.91. The van der Waals surface area contributed by atoms with Crippen LogP contribution in [0.5, 0.6) is 0 Å². The van der Waals surface area contributed by atoms with Gasteiger partial charge in [0.15, 0.2) is 0 Å². The maximum Gasteiger partial charge on any atom is 0.309 e. The Balaban J connectivity index is 1.47. The third kappa shape index (κ3) is 2.32. The minimum absolute atomic E-state index is 0.0866. The van der Waals surface area contributed by atoms with Crippen LogP contribution in [-0.4, -0.2) is 45.3 Å². The number of carbonyl (C=O) groups is 1. The van der Waals surface area contributed by atoms with Crippen molar-refractivity contribution in [3.63, 3.8) is 0 Å². The van der Waals surface area contributed by atoms with Gasteiger partial charge in [-0.25, -0.2) is 0 Å². The largest absolute Gasteiger partial charge is 0.481 e. The molecule has 25 heavy (non-hydrogen) atoms. The molecule has 2 fully saturated rings. The monoisotopic (exact) mass is 342 g/mol. The second-order valence-electron chi connectivity index (χ2n) is 8.28. The van der Waals surface area contributed by atoms with Crippen LogP contribution in [0.15, 0.2) is 6.08 Å². The highest BCUT2D eigenvalue weighted by Crippen LogP contribution is 2.49. The Bertz CT molecular complexity index is 738. The smallest absolute Gasteiger partial charge is 0.309 e. The molecule has 5 heteroatoms. The molecule has 1 aromatic rings. The summed E-state index contributed by atoms with van der Waals surface area (Å²) in [7, 11) is 0. The molecule has 5 nitrogen and oxygen atoms in total. The van der Waals surface area contributed by atoms with Gasteiger partial charge in [0, 0.05) is 24.5 Å². The predicted molar refractivity (Wildman–Crippen MR) is 94.1 cm³/mol. The summed E-state index contributed by atoms with van der Waals surface area (Å²) < 4.78 is 0. The first kappa shape index (κ1) is 15.6. The number of hydrogen-bond acceptors (Lipinski definition) is 3. The Labute approximate surface area is 147 Å². The summed E-state index contributed by atoms with van der Waals surface area (Å²) in [5.74, 6) is -0.921. The summed E-state index contributed by atoms with van der Waals surface area (Å²) in [6.07, 6.45) is 9.74. The van der Waals surface area contributed by atoms with Gasteiger partial charge in [-0.2, -0.15) is 0 Å². The van der Waals surface area contributed by atoms with Crippen molar-refractivity contribution in [2.45, 2.75) is 50.7 Å². The van der Waals surface area contributed by atoms with E-state index in [1.54, 1.807) is 0 Å². The first-order valence-electron chi connectivity index (χ1n) is 9.68. The number of piperidine rings is 1. The first-order valence-corrected chi connectivity index (χ1v) is 9.68. The Morgan fingerprint density at radius 1 is 1.28 bits per heavy atom. The van der Waals surface area contributed by atoms with E-state index in [-0.39, 0.29) is 5.92 Å². The number of aromatic amines is 1. The number of aromatic nitrogens is 1. The van der Waals surface area contributed by atoms with Crippen LogP contribution < -0.4 is 0 Å². The van der Waals surface area contributed by atoms with Crippen molar-refractivity contribution in [3.05, 3.63) is 28.6 Å². The molecule has 0 amide bonds. The van der Waals surface area contributed by atoms with Gasteiger partial charge in [0.25, 0.3) is 0 Å². The van der Waals surface area contributed by atoms with E-state index in [2.05, 4.69) is 22.0 Å². The third-order valence-corrected chi connectivity index (χ3v) is 7.10. The number of carboxylic acid groups (broad SMARTS) is 1. The van der Waals surface area contributed by atoms with Crippen molar-refractivity contribution in [2.24, 2.45) is 17.8 Å². The van der Waals surface area contributed by atoms with Gasteiger partial charge in [0.05, 0.1) is 18.1 Å². The summed E-state index contributed by atoms with van der Waals surface area (Å²) >= 11 is 0. The Morgan fingerprint density at radius 2 is 2.16 bits per heavy atom. The number of aliphatic hydroxyl groups is 1. The van der Waals surface area contributed by atoms with Gasteiger partial charge >= 0.3 is 5.97 Å². The number of nitrogens with one attached hydrogen (secondary N) is 1. The van der Waals surface area contributed by atoms with Crippen LogP contribution in [0.1, 0.15) is 54.2 Å². The molecule has 0 spiro atoms. The van der Waals surface area contributed by atoms with Gasteiger partial charge in [-0.1, -0.05) is 12.2 Å². The van der Waals surface area contributed by atoms with E-state index in [1.807, 2.05) is 0 Å². The van der Waals surface area contributed by atoms with Crippen molar-refractivity contribution < 1.29 is 15.0 Å². The number of aliphatic hydroxyl groups excluding tert-OH is 1. The standard InChI is InChI=1S/C20H26N2O3/c23-17-6-5-11-9-16-19-13(12-3-1-2-4-15(12)21-19)7-8-22(16)10-14(11)18(17)20(24)25/h1,3,11,14,16-18,21,23H,2,4-10H2,(H,24,25)/t11-,14+,16+,17+,18-/m1/s1. The van der Waals surface area contributed by atoms with E-state index in [0.717, 1.165) is 45.2 Å². The molecular formula is C20H26N2O3. The summed E-state index contributed by atoms with van der Waals surface area (Å²) in [5, 5.41) is 19.8. The highest BCUT2D eigenvalue weighted by atomic mass is 16.4. The topological polar surface area (TPSA) is 76.6 Å². The zero-order chi connectivity index (χ0) is 17.1. The number of carboxylic acids is 1. The van der Waals surface area contributed by atoms with Gasteiger partial charge < -0.3 is 15.2 Å². The van der Waals surface area contributed by atoms with E-state index < -0.39 is 18.0 Å². The average Bonchev–Trinajstić information content (AvgIpc) is 2.99. The van der Waals surface area contributed by atoms with Crippen molar-refractivity contribution in [1.29, 1.82) is 0 Å². The predicted octanol–water partition coefficient (Wildman–Crippen LogP) is 2.36. The molecule has 1 aromatic heterocycles. The minimum atomic E-state index is -0.821. The van der Waals surface area contributed by atoms with Gasteiger partial charge in [0.2, 0.25) is 0 Å². The molecule has 2 aliphatic heterocycles. The lowest BCUT2D eigenvalue weighted by molar-refractivity contribution is -0.156. The van der Waals surface area contributed by atoms with Crippen molar-refractivity contribution >= 4 is 12.0 Å². The van der Waals surface area contributed by atoms with Crippen molar-refractivity contribution in [1.82, 2.24) is 9.88 Å². The first-order chi connectivity index (χ1) is 12.1. The Morgan fingerprint density at radius 3 is 3.00 bits per heavy atom. The van der Waals surface area contributed by atoms with E-state index in [4.69, 9.17) is 0 Å². The van der Waals surface area contributed by atoms with Crippen LogP contribution in [-0.2, 0) is 17.6 Å². The molecule has 134 valence electrons. The van der Waals surface area contributed by atoms with E-state index in [0.29, 0.717) is 18.4 Å². The van der Waals surface area contributed by atoms with Gasteiger partial charge in [-0.15, -0.1) is 0 Å².